The molecule has 1 aliphatic rings. The number of anilines is 1. The van der Waals surface area contributed by atoms with E-state index < -0.39 is 36.0 Å². The lowest BCUT2D eigenvalue weighted by molar-refractivity contribution is -0.116. The first-order chi connectivity index (χ1) is 15.4. The molecule has 32 heavy (non-hydrogen) atoms. The smallest absolute Gasteiger partial charge is 0.433 e. The van der Waals surface area contributed by atoms with Crippen LogP contribution < -0.4 is 4.90 Å². The third-order valence-electron chi connectivity index (χ3n) is 4.57. The maximum Gasteiger partial charge on any atom is 0.510 e. The Labute approximate surface area is 209 Å². The Kier molecular flexibility index (Phi) is 8.79. The lowest BCUT2D eigenvalue weighted by Crippen LogP contribution is -2.39. The largest absolute Gasteiger partial charge is 0.510 e. The standard InChI is InChI=1S/C18H17F2I2N5O5/c19-12-7-11(9-23)14(20)16-15(12)24-17(27(16)22)26(13(28)8-21)10-32-18(29)31-6-3-25-1-4-30-5-2-25/h7H,1-6,8,10H2. The molecule has 1 aliphatic heterocycles. The number of rotatable bonds is 7. The maximum atomic E-state index is 14.6. The van der Waals surface area contributed by atoms with Crippen molar-refractivity contribution in [3.63, 3.8) is 0 Å². The molecular formula is C18H17F2I2N5O5. The molecule has 172 valence electrons. The highest BCUT2D eigenvalue weighted by molar-refractivity contribution is 14.1. The van der Waals surface area contributed by atoms with Crippen LogP contribution in [0.1, 0.15) is 5.56 Å². The molecule has 0 unspecified atom stereocenters. The number of halogens is 4. The Morgan fingerprint density at radius 1 is 1.31 bits per heavy atom. The first kappa shape index (κ1) is 24.8. The lowest BCUT2D eigenvalue weighted by atomic mass is 10.2. The summed E-state index contributed by atoms with van der Waals surface area (Å²) < 4.78 is 45.3. The Morgan fingerprint density at radius 3 is 2.69 bits per heavy atom. The van der Waals surface area contributed by atoms with Crippen molar-refractivity contribution in [1.82, 2.24) is 12.7 Å². The van der Waals surface area contributed by atoms with Gasteiger partial charge in [-0.2, -0.15) is 5.26 Å². The highest BCUT2D eigenvalue weighted by Crippen LogP contribution is 2.31. The first-order valence-corrected chi connectivity index (χ1v) is 11.8. The summed E-state index contributed by atoms with van der Waals surface area (Å²) in [5.41, 5.74) is -1.15. The molecule has 0 atom stereocenters. The number of aromatic nitrogens is 2. The van der Waals surface area contributed by atoms with Crippen LogP contribution in [-0.4, -0.2) is 75.3 Å². The minimum absolute atomic E-state index is 0.0124. The Morgan fingerprint density at radius 2 is 2.03 bits per heavy atom. The van der Waals surface area contributed by atoms with E-state index in [2.05, 4.69) is 9.88 Å². The highest BCUT2D eigenvalue weighted by atomic mass is 127. The summed E-state index contributed by atoms with van der Waals surface area (Å²) in [5.74, 6) is -2.56. The minimum Gasteiger partial charge on any atom is -0.433 e. The number of carbonyl (C=O) groups excluding carboxylic acids is 2. The van der Waals surface area contributed by atoms with Crippen molar-refractivity contribution in [2.24, 2.45) is 0 Å². The summed E-state index contributed by atoms with van der Waals surface area (Å²) in [6.07, 6.45) is -0.996. The quantitative estimate of drug-likeness (QED) is 0.191. The fraction of sp³-hybridized carbons (Fsp3) is 0.444. The monoisotopic (exact) mass is 675 g/mol. The van der Waals surface area contributed by atoms with Crippen LogP contribution >= 0.6 is 45.5 Å². The number of hydrogen-bond donors (Lipinski definition) is 0. The second kappa shape index (κ2) is 11.3. The summed E-state index contributed by atoms with van der Waals surface area (Å²) in [7, 11) is 0. The number of hydrogen-bond acceptors (Lipinski definition) is 8. The van der Waals surface area contributed by atoms with Gasteiger partial charge in [-0.3, -0.25) is 9.69 Å². The number of nitrogens with zero attached hydrogens (tertiary/aromatic N) is 5. The molecule has 14 heteroatoms. The molecule has 1 amide bonds. The van der Waals surface area contributed by atoms with Crippen molar-refractivity contribution in [2.45, 2.75) is 0 Å². The van der Waals surface area contributed by atoms with Crippen LogP contribution in [0.5, 0.6) is 0 Å². The molecule has 1 aromatic heterocycles. The topological polar surface area (TPSA) is 110 Å². The average molecular weight is 675 g/mol. The summed E-state index contributed by atoms with van der Waals surface area (Å²) in [4.78, 5) is 31.4. The molecule has 0 N–H and O–H groups in total. The van der Waals surface area contributed by atoms with Crippen LogP contribution in [0.4, 0.5) is 19.5 Å². The Hall–Kier alpha value is -1.84. The van der Waals surface area contributed by atoms with Crippen molar-refractivity contribution in [3.05, 3.63) is 23.3 Å². The zero-order valence-electron chi connectivity index (χ0n) is 16.5. The Bertz CT molecular complexity index is 1050. The van der Waals surface area contributed by atoms with Gasteiger partial charge in [0.15, 0.2) is 18.4 Å². The van der Waals surface area contributed by atoms with E-state index in [0.29, 0.717) is 19.8 Å². The second-order valence-electron chi connectivity index (χ2n) is 6.50. The van der Waals surface area contributed by atoms with Gasteiger partial charge in [0.2, 0.25) is 11.9 Å². The third-order valence-corrected chi connectivity index (χ3v) is 6.14. The van der Waals surface area contributed by atoms with E-state index in [9.17, 15) is 18.4 Å². The van der Waals surface area contributed by atoms with E-state index in [4.69, 9.17) is 19.5 Å². The van der Waals surface area contributed by atoms with Crippen LogP contribution in [-0.2, 0) is 19.0 Å². The maximum absolute atomic E-state index is 14.6. The molecule has 10 nitrogen and oxygen atoms in total. The third kappa shape index (κ3) is 5.55. The van der Waals surface area contributed by atoms with Crippen LogP contribution in [0.25, 0.3) is 11.0 Å². The summed E-state index contributed by atoms with van der Waals surface area (Å²) in [6.45, 7) is 2.75. The van der Waals surface area contributed by atoms with Gasteiger partial charge in [-0.1, -0.05) is 22.6 Å². The molecule has 0 bridgehead atoms. The van der Waals surface area contributed by atoms with E-state index in [1.807, 2.05) is 0 Å². The van der Waals surface area contributed by atoms with E-state index in [0.717, 1.165) is 26.8 Å². The zero-order chi connectivity index (χ0) is 23.3. The number of carbonyl (C=O) groups is 2. The number of benzene rings is 1. The summed E-state index contributed by atoms with van der Waals surface area (Å²) in [5, 5.41) is 9.00. The van der Waals surface area contributed by atoms with Gasteiger partial charge < -0.3 is 14.2 Å². The van der Waals surface area contributed by atoms with Gasteiger partial charge in [0.05, 0.1) is 46.1 Å². The van der Waals surface area contributed by atoms with Crippen molar-refractivity contribution >= 4 is 74.5 Å². The van der Waals surface area contributed by atoms with Gasteiger partial charge in [-0.25, -0.2) is 26.2 Å². The molecule has 0 radical (unpaired) electrons. The predicted octanol–water partition coefficient (Wildman–Crippen LogP) is 2.60. The molecule has 1 aromatic carbocycles. The molecular weight excluding hydrogens is 658 g/mol. The number of imidazole rings is 1. The molecule has 1 fully saturated rings. The van der Waals surface area contributed by atoms with E-state index in [1.54, 1.807) is 51.5 Å². The van der Waals surface area contributed by atoms with E-state index in [-0.39, 0.29) is 28.0 Å². The number of alkyl halides is 1. The fourth-order valence-electron chi connectivity index (χ4n) is 2.94. The molecule has 3 rings (SSSR count). The van der Waals surface area contributed by atoms with Gasteiger partial charge in [-0.15, -0.1) is 0 Å². The zero-order valence-corrected chi connectivity index (χ0v) is 20.8. The predicted molar refractivity (Wildman–Crippen MR) is 125 cm³/mol. The van der Waals surface area contributed by atoms with Crippen LogP contribution in [0.2, 0.25) is 0 Å². The van der Waals surface area contributed by atoms with Crippen LogP contribution in [0.15, 0.2) is 6.07 Å². The fourth-order valence-corrected chi connectivity index (χ4v) is 4.16. The summed E-state index contributed by atoms with van der Waals surface area (Å²) in [6, 6.07) is 2.31. The number of fused-ring (bicyclic) bond motifs is 1. The first-order valence-electron chi connectivity index (χ1n) is 9.30. The van der Waals surface area contributed by atoms with Crippen molar-refractivity contribution in [3.8, 4) is 6.07 Å². The number of ether oxygens (including phenoxy) is 3. The van der Waals surface area contributed by atoms with Crippen molar-refractivity contribution in [2.75, 3.05) is 55.5 Å². The molecule has 0 spiro atoms. The van der Waals surface area contributed by atoms with Gasteiger partial charge in [0.25, 0.3) is 0 Å². The van der Waals surface area contributed by atoms with Gasteiger partial charge in [0.1, 0.15) is 23.7 Å². The highest BCUT2D eigenvalue weighted by Gasteiger charge is 2.27. The molecule has 2 heterocycles. The average Bonchev–Trinajstić information content (AvgIpc) is 3.14. The minimum atomic E-state index is -0.996. The van der Waals surface area contributed by atoms with E-state index >= 15 is 0 Å². The lowest BCUT2D eigenvalue weighted by Gasteiger charge is -2.26. The van der Waals surface area contributed by atoms with E-state index in [1.165, 1.54) is 0 Å². The number of morpholine rings is 1. The number of nitriles is 1. The Balaban J connectivity index is 1.72. The van der Waals surface area contributed by atoms with Gasteiger partial charge in [0, 0.05) is 19.6 Å². The molecule has 1 saturated heterocycles. The molecule has 0 saturated carbocycles. The van der Waals surface area contributed by atoms with Crippen LogP contribution in [0, 0.1) is 23.0 Å². The molecule has 0 aliphatic carbocycles. The van der Waals surface area contributed by atoms with Crippen molar-refractivity contribution in [1.29, 1.82) is 5.26 Å². The summed E-state index contributed by atoms with van der Waals surface area (Å²) >= 11 is 3.44. The van der Waals surface area contributed by atoms with Gasteiger partial charge in [-0.05, 0) is 6.07 Å². The second-order valence-corrected chi connectivity index (χ2v) is 8.23. The molecule has 2 aromatic rings. The number of amides is 1. The van der Waals surface area contributed by atoms with Gasteiger partial charge >= 0.3 is 6.16 Å². The SMILES string of the molecule is N#Cc1cc(F)c2nc(N(COC(=O)OCCN3CCOCC3)C(=O)CI)n(I)c2c1F. The normalized spacial score (nSPS) is 14.2. The van der Waals surface area contributed by atoms with Crippen LogP contribution in [0.3, 0.4) is 0 Å². The van der Waals surface area contributed by atoms with Crippen molar-refractivity contribution < 1.29 is 32.6 Å².